The largest absolute Gasteiger partial charge is 0.341 e. The Kier molecular flexibility index (Phi) is 4.84. The average Bonchev–Trinajstić information content (AvgIpc) is 2.98. The number of halogens is 2. The van der Waals surface area contributed by atoms with Crippen LogP contribution in [0.5, 0.6) is 0 Å². The summed E-state index contributed by atoms with van der Waals surface area (Å²) in [6.07, 6.45) is 0.136. The van der Waals surface area contributed by atoms with Crippen LogP contribution in [-0.2, 0) is 11.2 Å². The number of nitrogens with two attached hydrogens (primary N) is 1. The molecule has 1 aromatic heterocycles. The molecule has 1 aliphatic heterocycles. The number of carbonyl (C=O) groups is 1. The van der Waals surface area contributed by atoms with Gasteiger partial charge in [-0.25, -0.2) is 0 Å². The number of rotatable bonds is 3. The number of piperazine rings is 1. The van der Waals surface area contributed by atoms with Gasteiger partial charge < -0.3 is 14.7 Å². The molecule has 122 valence electrons. The first-order valence-corrected chi connectivity index (χ1v) is 8.17. The summed E-state index contributed by atoms with van der Waals surface area (Å²) in [6, 6.07) is 5.49. The number of hydrogen-bond acceptors (Lipinski definition) is 4. The summed E-state index contributed by atoms with van der Waals surface area (Å²) in [5.41, 5.74) is 0.673. The molecule has 1 saturated heterocycles. The second-order valence-corrected chi connectivity index (χ2v) is 6.48. The molecule has 0 spiro atoms. The van der Waals surface area contributed by atoms with Gasteiger partial charge in [0.2, 0.25) is 5.91 Å². The van der Waals surface area contributed by atoms with E-state index in [0.717, 1.165) is 19.6 Å². The van der Waals surface area contributed by atoms with E-state index in [-0.39, 0.29) is 12.3 Å². The lowest BCUT2D eigenvalue weighted by atomic mass is 10.2. The van der Waals surface area contributed by atoms with E-state index in [1.165, 1.54) is 0 Å². The Labute approximate surface area is 143 Å². The van der Waals surface area contributed by atoms with E-state index in [4.69, 9.17) is 27.7 Å². The normalized spacial score (nSPS) is 18.2. The summed E-state index contributed by atoms with van der Waals surface area (Å²) in [6.45, 7) is 4.53. The third-order valence-corrected chi connectivity index (χ3v) is 4.51. The molecule has 1 aromatic carbocycles. The predicted molar refractivity (Wildman–Crippen MR) is 86.3 cm³/mol. The maximum Gasteiger partial charge on any atom is 0.257 e. The van der Waals surface area contributed by atoms with Crippen molar-refractivity contribution in [1.29, 1.82) is 0 Å². The Morgan fingerprint density at radius 3 is 3.00 bits per heavy atom. The van der Waals surface area contributed by atoms with Gasteiger partial charge in [-0.05, 0) is 25.1 Å². The fourth-order valence-corrected chi connectivity index (χ4v) is 2.87. The van der Waals surface area contributed by atoms with Crippen LogP contribution in [0, 0.1) is 0 Å². The summed E-state index contributed by atoms with van der Waals surface area (Å²) in [5.74, 6) is 0.719. The van der Waals surface area contributed by atoms with Crippen molar-refractivity contribution < 1.29 is 14.6 Å². The maximum atomic E-state index is 12.3. The first-order valence-electron chi connectivity index (χ1n) is 7.42. The molecule has 23 heavy (non-hydrogen) atoms. The molecule has 6 nitrogen and oxygen atoms in total. The Hall–Kier alpha value is -1.63. The molecule has 8 heteroatoms. The topological polar surface area (TPSA) is 75.8 Å². The molecule has 3 rings (SSSR count). The zero-order valence-electron chi connectivity index (χ0n) is 12.6. The van der Waals surface area contributed by atoms with Crippen LogP contribution >= 0.6 is 23.2 Å². The average molecular weight is 356 g/mol. The van der Waals surface area contributed by atoms with Crippen molar-refractivity contribution in [2.75, 3.05) is 19.6 Å². The third kappa shape index (κ3) is 3.83. The summed E-state index contributed by atoms with van der Waals surface area (Å²) in [5, 5.41) is 6.99. The maximum absolute atomic E-state index is 12.3. The van der Waals surface area contributed by atoms with Crippen LogP contribution in [0.1, 0.15) is 12.7 Å². The molecule has 0 saturated carbocycles. The van der Waals surface area contributed by atoms with Gasteiger partial charge in [-0.2, -0.15) is 4.98 Å². The van der Waals surface area contributed by atoms with Gasteiger partial charge >= 0.3 is 0 Å². The van der Waals surface area contributed by atoms with Crippen LogP contribution in [0.25, 0.3) is 11.5 Å². The van der Waals surface area contributed by atoms with E-state index in [9.17, 15) is 4.79 Å². The van der Waals surface area contributed by atoms with Crippen LogP contribution in [0.3, 0.4) is 0 Å². The van der Waals surface area contributed by atoms with E-state index in [1.807, 2.05) is 4.90 Å². The standard InChI is InChI=1S/C15H16Cl2N4O2/c1-9-8-21(5-4-18-9)14(22)7-13-19-15(23-20-13)10-2-3-11(16)12(17)6-10/h2-3,6,9,18H,4-5,7-8H2,1H3/p+1/t9-/m1/s1. The minimum Gasteiger partial charge on any atom is -0.341 e. The molecular weight excluding hydrogens is 339 g/mol. The van der Waals surface area contributed by atoms with E-state index < -0.39 is 0 Å². The highest BCUT2D eigenvalue weighted by atomic mass is 35.5. The Morgan fingerprint density at radius 2 is 2.26 bits per heavy atom. The Morgan fingerprint density at radius 1 is 1.43 bits per heavy atom. The van der Waals surface area contributed by atoms with Gasteiger partial charge in [0.25, 0.3) is 5.89 Å². The Balaban J connectivity index is 1.69. The lowest BCUT2D eigenvalue weighted by molar-refractivity contribution is -0.693. The molecule has 2 N–H and O–H groups in total. The fraction of sp³-hybridized carbons (Fsp3) is 0.400. The van der Waals surface area contributed by atoms with E-state index in [0.29, 0.717) is 33.4 Å². The van der Waals surface area contributed by atoms with Crippen molar-refractivity contribution in [2.45, 2.75) is 19.4 Å². The fourth-order valence-electron chi connectivity index (χ4n) is 2.57. The van der Waals surface area contributed by atoms with Crippen LogP contribution in [0.15, 0.2) is 22.7 Å². The highest BCUT2D eigenvalue weighted by Crippen LogP contribution is 2.27. The van der Waals surface area contributed by atoms with Crippen molar-refractivity contribution in [3.05, 3.63) is 34.1 Å². The molecule has 1 aliphatic rings. The lowest BCUT2D eigenvalue weighted by Gasteiger charge is -2.29. The third-order valence-electron chi connectivity index (χ3n) is 3.77. The molecule has 0 bridgehead atoms. The SMILES string of the molecule is C[C@@H]1CN(C(=O)Cc2noc(-c3ccc(Cl)c(Cl)c3)n2)CC[NH2+]1. The van der Waals surface area contributed by atoms with Gasteiger partial charge in [0.1, 0.15) is 6.04 Å². The molecule has 2 heterocycles. The quantitative estimate of drug-likeness (QED) is 0.902. The van der Waals surface area contributed by atoms with Crippen LogP contribution in [0.2, 0.25) is 10.0 Å². The molecule has 1 amide bonds. The first kappa shape index (κ1) is 16.2. The minimum absolute atomic E-state index is 0.0199. The van der Waals surface area contributed by atoms with Crippen molar-refractivity contribution in [3.63, 3.8) is 0 Å². The second-order valence-electron chi connectivity index (χ2n) is 5.66. The van der Waals surface area contributed by atoms with E-state index in [2.05, 4.69) is 22.4 Å². The molecule has 1 fully saturated rings. The van der Waals surface area contributed by atoms with Gasteiger partial charge in [-0.15, -0.1) is 0 Å². The van der Waals surface area contributed by atoms with Crippen molar-refractivity contribution in [1.82, 2.24) is 15.0 Å². The molecule has 2 aromatic rings. The number of benzene rings is 1. The van der Waals surface area contributed by atoms with Gasteiger partial charge in [0, 0.05) is 5.56 Å². The second kappa shape index (κ2) is 6.86. The number of carbonyl (C=O) groups excluding carboxylic acids is 1. The van der Waals surface area contributed by atoms with Crippen molar-refractivity contribution >= 4 is 29.1 Å². The van der Waals surface area contributed by atoms with E-state index in [1.54, 1.807) is 18.2 Å². The van der Waals surface area contributed by atoms with E-state index >= 15 is 0 Å². The van der Waals surface area contributed by atoms with Crippen molar-refractivity contribution in [2.24, 2.45) is 0 Å². The number of aromatic nitrogens is 2. The molecule has 0 unspecified atom stereocenters. The monoisotopic (exact) mass is 355 g/mol. The molecular formula is C15H17Cl2N4O2+. The molecule has 0 aliphatic carbocycles. The predicted octanol–water partition coefficient (Wildman–Crippen LogP) is 1.38. The van der Waals surface area contributed by atoms with Crippen molar-refractivity contribution in [3.8, 4) is 11.5 Å². The highest BCUT2D eigenvalue weighted by Gasteiger charge is 2.24. The smallest absolute Gasteiger partial charge is 0.257 e. The van der Waals surface area contributed by atoms with Crippen LogP contribution < -0.4 is 5.32 Å². The summed E-state index contributed by atoms with van der Waals surface area (Å²) < 4.78 is 5.22. The van der Waals surface area contributed by atoms with Gasteiger partial charge in [0.15, 0.2) is 5.82 Å². The number of hydrogen-bond donors (Lipinski definition) is 1. The molecule has 1 atom stereocenters. The molecule has 0 radical (unpaired) electrons. The first-order chi connectivity index (χ1) is 11.0. The zero-order chi connectivity index (χ0) is 16.4. The van der Waals surface area contributed by atoms with Crippen LogP contribution in [0.4, 0.5) is 0 Å². The lowest BCUT2D eigenvalue weighted by Crippen LogP contribution is -2.94. The zero-order valence-corrected chi connectivity index (χ0v) is 14.1. The number of nitrogens with zero attached hydrogens (tertiary/aromatic N) is 3. The summed E-state index contributed by atoms with van der Waals surface area (Å²) >= 11 is 11.9. The van der Waals surface area contributed by atoms with Gasteiger partial charge in [-0.1, -0.05) is 28.4 Å². The number of amides is 1. The summed E-state index contributed by atoms with van der Waals surface area (Å²) in [7, 11) is 0. The highest BCUT2D eigenvalue weighted by molar-refractivity contribution is 6.42. The Bertz CT molecular complexity index is 719. The number of quaternary nitrogens is 1. The van der Waals surface area contributed by atoms with Gasteiger partial charge in [-0.3, -0.25) is 4.79 Å². The van der Waals surface area contributed by atoms with Gasteiger partial charge in [0.05, 0.1) is 36.1 Å². The minimum atomic E-state index is 0.0199. The summed E-state index contributed by atoms with van der Waals surface area (Å²) in [4.78, 5) is 18.4. The van der Waals surface area contributed by atoms with Crippen LogP contribution in [-0.4, -0.2) is 46.6 Å².